The predicted molar refractivity (Wildman–Crippen MR) is 97.0 cm³/mol. The van der Waals surface area contributed by atoms with Crippen LogP contribution in [0.25, 0.3) is 0 Å². The second-order valence-electron chi connectivity index (χ2n) is 5.88. The van der Waals surface area contributed by atoms with Gasteiger partial charge in [0.15, 0.2) is 0 Å². The number of nitrogens with zero attached hydrogens (tertiary/aromatic N) is 2. The molecule has 0 aliphatic heterocycles. The van der Waals surface area contributed by atoms with Crippen LogP contribution in [0.5, 0.6) is 0 Å². The quantitative estimate of drug-likeness (QED) is 0.327. The monoisotopic (exact) mass is 308 g/mol. The fourth-order valence-corrected chi connectivity index (χ4v) is 2.36. The van der Waals surface area contributed by atoms with E-state index in [4.69, 9.17) is 0 Å². The average Bonchev–Trinajstić information content (AvgIpc) is 2.51. The van der Waals surface area contributed by atoms with Gasteiger partial charge in [0.1, 0.15) is 12.0 Å². The minimum atomic E-state index is -1.05. The lowest BCUT2D eigenvalue weighted by Gasteiger charge is -2.32. The highest BCUT2D eigenvalue weighted by atomic mass is 19.1. The molecule has 126 valence electrons. The van der Waals surface area contributed by atoms with E-state index in [1.54, 1.807) is 0 Å². The van der Waals surface area contributed by atoms with E-state index in [9.17, 15) is 4.39 Å². The number of halogens is 1. The molecule has 0 aromatic carbocycles. The number of hydrogen-bond acceptors (Lipinski definition) is 1. The van der Waals surface area contributed by atoms with Crippen LogP contribution in [0, 0.1) is 5.92 Å². The summed E-state index contributed by atoms with van der Waals surface area (Å²) < 4.78 is 13.5. The smallest absolute Gasteiger partial charge is 0.122 e. The lowest BCUT2D eigenvalue weighted by atomic mass is 9.97. The van der Waals surface area contributed by atoms with Crippen LogP contribution in [0.4, 0.5) is 4.39 Å². The molecule has 2 nitrogen and oxygen atoms in total. The van der Waals surface area contributed by atoms with Gasteiger partial charge in [0.25, 0.3) is 0 Å². The van der Waals surface area contributed by atoms with Gasteiger partial charge in [0, 0.05) is 25.2 Å². The molecule has 0 bridgehead atoms. The summed E-state index contributed by atoms with van der Waals surface area (Å²) in [4.78, 5) is 6.65. The van der Waals surface area contributed by atoms with Crippen LogP contribution in [0.2, 0.25) is 0 Å². The standard InChI is InChI=1S/C19H33FN2/c1-10-12-22(19(21-9)13(3)11-2)18(8)16(6)14(4)15(5)17(7)20/h13,17H,5,8,10-12H2,1-4,6-7,9H3/b16-14+,21-19?. The lowest BCUT2D eigenvalue weighted by Crippen LogP contribution is -2.35. The molecule has 0 heterocycles. The zero-order valence-electron chi connectivity index (χ0n) is 15.5. The van der Waals surface area contributed by atoms with E-state index in [0.29, 0.717) is 11.5 Å². The largest absolute Gasteiger partial charge is 0.330 e. The van der Waals surface area contributed by atoms with Gasteiger partial charge in [-0.3, -0.25) is 4.99 Å². The molecule has 0 aromatic heterocycles. The minimum Gasteiger partial charge on any atom is -0.330 e. The van der Waals surface area contributed by atoms with Crippen molar-refractivity contribution in [1.29, 1.82) is 0 Å². The second-order valence-corrected chi connectivity index (χ2v) is 5.88. The van der Waals surface area contributed by atoms with Crippen LogP contribution in [-0.4, -0.2) is 30.5 Å². The van der Waals surface area contributed by atoms with Gasteiger partial charge < -0.3 is 4.90 Å². The van der Waals surface area contributed by atoms with Gasteiger partial charge in [-0.05, 0) is 50.3 Å². The van der Waals surface area contributed by atoms with Crippen molar-refractivity contribution in [3.8, 4) is 0 Å². The zero-order valence-corrected chi connectivity index (χ0v) is 15.5. The molecular formula is C19H33FN2. The summed E-state index contributed by atoms with van der Waals surface area (Å²) in [6, 6.07) is 0. The van der Waals surface area contributed by atoms with Crippen LogP contribution >= 0.6 is 0 Å². The molecule has 0 rings (SSSR count). The van der Waals surface area contributed by atoms with Crippen LogP contribution in [0.15, 0.2) is 40.6 Å². The Morgan fingerprint density at radius 1 is 1.14 bits per heavy atom. The van der Waals surface area contributed by atoms with Crippen LogP contribution in [0.1, 0.15) is 54.4 Å². The number of amidine groups is 1. The fourth-order valence-electron chi connectivity index (χ4n) is 2.36. The highest BCUT2D eigenvalue weighted by Gasteiger charge is 2.21. The minimum absolute atomic E-state index is 0.365. The first-order valence-corrected chi connectivity index (χ1v) is 8.16. The van der Waals surface area contributed by atoms with E-state index < -0.39 is 6.17 Å². The Hall–Kier alpha value is -1.38. The summed E-state index contributed by atoms with van der Waals surface area (Å²) in [6.45, 7) is 20.8. The number of alkyl halides is 1. The normalized spacial score (nSPS) is 15.9. The molecule has 2 unspecified atom stereocenters. The van der Waals surface area contributed by atoms with Crippen LogP contribution in [0.3, 0.4) is 0 Å². The van der Waals surface area contributed by atoms with E-state index >= 15 is 0 Å². The number of rotatable bonds is 8. The molecule has 2 atom stereocenters. The first-order valence-electron chi connectivity index (χ1n) is 8.16. The van der Waals surface area contributed by atoms with E-state index in [0.717, 1.165) is 42.1 Å². The molecule has 0 aromatic rings. The maximum absolute atomic E-state index is 13.5. The highest BCUT2D eigenvalue weighted by molar-refractivity contribution is 5.86. The molecule has 0 spiro atoms. The Morgan fingerprint density at radius 3 is 2.05 bits per heavy atom. The Kier molecular flexibility index (Phi) is 9.00. The molecule has 0 radical (unpaired) electrons. The van der Waals surface area contributed by atoms with Gasteiger partial charge in [-0.1, -0.05) is 33.9 Å². The third kappa shape index (κ3) is 5.11. The molecule has 0 fully saturated rings. The first-order chi connectivity index (χ1) is 10.2. The van der Waals surface area contributed by atoms with Gasteiger partial charge in [-0.25, -0.2) is 4.39 Å². The average molecular weight is 308 g/mol. The predicted octanol–water partition coefficient (Wildman–Crippen LogP) is 5.54. The van der Waals surface area contributed by atoms with Gasteiger partial charge in [0.2, 0.25) is 0 Å². The molecule has 3 heteroatoms. The Labute approximate surface area is 136 Å². The number of allylic oxidation sites excluding steroid dienone is 3. The molecule has 0 amide bonds. The molecule has 0 saturated heterocycles. The Bertz CT molecular complexity index is 458. The van der Waals surface area contributed by atoms with E-state index in [2.05, 4.69) is 43.8 Å². The van der Waals surface area contributed by atoms with Crippen molar-refractivity contribution in [3.05, 3.63) is 35.6 Å². The van der Waals surface area contributed by atoms with Crippen molar-refractivity contribution in [2.45, 2.75) is 60.6 Å². The SMILES string of the molecule is C=C(/C(C)=C(\C)C(=C)N(CCC)C(=NC)C(C)CC)C(C)F. The highest BCUT2D eigenvalue weighted by Crippen LogP contribution is 2.26. The van der Waals surface area contributed by atoms with Crippen molar-refractivity contribution in [3.63, 3.8) is 0 Å². The Balaban J connectivity index is 5.66. The topological polar surface area (TPSA) is 15.6 Å². The summed E-state index contributed by atoms with van der Waals surface area (Å²) in [5, 5.41) is 0. The third-order valence-corrected chi connectivity index (χ3v) is 4.29. The Morgan fingerprint density at radius 2 is 1.68 bits per heavy atom. The summed E-state index contributed by atoms with van der Waals surface area (Å²) >= 11 is 0. The molecule has 0 saturated carbocycles. The molecule has 0 aliphatic rings. The summed E-state index contributed by atoms with van der Waals surface area (Å²) in [6.07, 6.45) is 0.980. The van der Waals surface area contributed by atoms with Crippen molar-refractivity contribution in [2.24, 2.45) is 10.9 Å². The van der Waals surface area contributed by atoms with Crippen LogP contribution in [-0.2, 0) is 0 Å². The number of aliphatic imine (C=N–C) groups is 1. The lowest BCUT2D eigenvalue weighted by molar-refractivity contribution is 0.414. The molecule has 0 N–H and O–H groups in total. The van der Waals surface area contributed by atoms with E-state index in [-0.39, 0.29) is 0 Å². The van der Waals surface area contributed by atoms with Gasteiger partial charge >= 0.3 is 0 Å². The van der Waals surface area contributed by atoms with E-state index in [1.807, 2.05) is 20.9 Å². The van der Waals surface area contributed by atoms with E-state index in [1.165, 1.54) is 6.92 Å². The second kappa shape index (κ2) is 9.60. The first kappa shape index (κ1) is 20.6. The van der Waals surface area contributed by atoms with Gasteiger partial charge in [0.05, 0.1) is 0 Å². The summed E-state index contributed by atoms with van der Waals surface area (Å²) in [7, 11) is 1.83. The van der Waals surface area contributed by atoms with Crippen molar-refractivity contribution >= 4 is 5.84 Å². The third-order valence-electron chi connectivity index (χ3n) is 4.29. The maximum atomic E-state index is 13.5. The maximum Gasteiger partial charge on any atom is 0.122 e. The number of hydrogen-bond donors (Lipinski definition) is 0. The molecule has 0 aliphatic carbocycles. The summed E-state index contributed by atoms with van der Waals surface area (Å²) in [5.41, 5.74) is 3.27. The molecular weight excluding hydrogens is 275 g/mol. The zero-order chi connectivity index (χ0) is 17.4. The van der Waals surface area contributed by atoms with Crippen molar-refractivity contribution in [1.82, 2.24) is 4.90 Å². The van der Waals surface area contributed by atoms with Crippen LogP contribution < -0.4 is 0 Å². The van der Waals surface area contributed by atoms with Gasteiger partial charge in [-0.2, -0.15) is 0 Å². The fraction of sp³-hybridized carbons (Fsp3) is 0.632. The molecule has 22 heavy (non-hydrogen) atoms. The summed E-state index contributed by atoms with van der Waals surface area (Å²) in [5.74, 6) is 1.41. The van der Waals surface area contributed by atoms with Crippen molar-refractivity contribution < 1.29 is 4.39 Å². The van der Waals surface area contributed by atoms with Crippen molar-refractivity contribution in [2.75, 3.05) is 13.6 Å². The van der Waals surface area contributed by atoms with Gasteiger partial charge in [-0.15, -0.1) is 0 Å².